The van der Waals surface area contributed by atoms with Gasteiger partial charge in [0.25, 0.3) is 0 Å². The lowest BCUT2D eigenvalue weighted by Gasteiger charge is -2.22. The van der Waals surface area contributed by atoms with Crippen LogP contribution < -0.4 is 19.5 Å². The van der Waals surface area contributed by atoms with E-state index < -0.39 is 0 Å². The van der Waals surface area contributed by atoms with Gasteiger partial charge in [-0.15, -0.1) is 0 Å². The fourth-order valence-corrected chi connectivity index (χ4v) is 2.33. The molecule has 0 fully saturated rings. The molecule has 1 N–H and O–H groups in total. The minimum absolute atomic E-state index is 0.0348. The van der Waals surface area contributed by atoms with E-state index in [4.69, 9.17) is 14.2 Å². The number of hydrogen-bond acceptors (Lipinski definition) is 4. The monoisotopic (exact) mass is 313 g/mol. The van der Waals surface area contributed by atoms with E-state index >= 15 is 0 Å². The maximum atomic E-state index is 6.04. The van der Waals surface area contributed by atoms with Gasteiger partial charge in [-0.2, -0.15) is 0 Å². The zero-order chi connectivity index (χ0) is 16.3. The van der Waals surface area contributed by atoms with Crippen molar-refractivity contribution in [1.82, 2.24) is 5.32 Å². The lowest BCUT2D eigenvalue weighted by Crippen LogP contribution is -2.35. The van der Waals surface area contributed by atoms with Crippen LogP contribution in [0.15, 0.2) is 42.5 Å². The molecule has 0 bridgehead atoms. The first-order valence-corrected chi connectivity index (χ1v) is 7.85. The Morgan fingerprint density at radius 2 is 1.74 bits per heavy atom. The second-order valence-electron chi connectivity index (χ2n) is 6.69. The Balaban J connectivity index is 1.79. The van der Waals surface area contributed by atoms with Crippen LogP contribution in [0.5, 0.6) is 17.2 Å². The van der Waals surface area contributed by atoms with Crippen molar-refractivity contribution in [3.63, 3.8) is 0 Å². The van der Waals surface area contributed by atoms with Crippen LogP contribution in [0.4, 0.5) is 0 Å². The van der Waals surface area contributed by atoms with Gasteiger partial charge in [-0.1, -0.05) is 30.3 Å². The van der Waals surface area contributed by atoms with Crippen molar-refractivity contribution >= 4 is 0 Å². The Labute approximate surface area is 137 Å². The predicted octanol–water partition coefficient (Wildman–Crippen LogP) is 3.88. The van der Waals surface area contributed by atoms with Crippen molar-refractivity contribution in [1.29, 1.82) is 0 Å². The summed E-state index contributed by atoms with van der Waals surface area (Å²) in [5.74, 6) is 2.35. The summed E-state index contributed by atoms with van der Waals surface area (Å²) < 4.78 is 17.0. The number of fused-ring (bicyclic) bond motifs is 1. The van der Waals surface area contributed by atoms with Crippen LogP contribution in [0.25, 0.3) is 0 Å². The first-order chi connectivity index (χ1) is 11.0. The normalized spacial score (nSPS) is 13.2. The SMILES string of the molecule is CC(C)(C)NCc1cc2c(cc1OCc1ccccc1)OCO2. The fourth-order valence-electron chi connectivity index (χ4n) is 2.33. The highest BCUT2D eigenvalue weighted by Gasteiger charge is 2.19. The summed E-state index contributed by atoms with van der Waals surface area (Å²) in [6.07, 6.45) is 0. The van der Waals surface area contributed by atoms with Gasteiger partial charge in [0, 0.05) is 23.7 Å². The van der Waals surface area contributed by atoms with E-state index in [-0.39, 0.29) is 12.3 Å². The van der Waals surface area contributed by atoms with Crippen molar-refractivity contribution < 1.29 is 14.2 Å². The molecule has 0 saturated carbocycles. The molecular formula is C19H23NO3. The highest BCUT2D eigenvalue weighted by Crippen LogP contribution is 2.38. The number of benzene rings is 2. The summed E-state index contributed by atoms with van der Waals surface area (Å²) >= 11 is 0. The van der Waals surface area contributed by atoms with Crippen LogP contribution in [-0.4, -0.2) is 12.3 Å². The van der Waals surface area contributed by atoms with Crippen molar-refractivity contribution in [2.45, 2.75) is 39.5 Å². The van der Waals surface area contributed by atoms with Gasteiger partial charge in [-0.25, -0.2) is 0 Å². The molecule has 0 radical (unpaired) electrons. The minimum atomic E-state index is 0.0348. The summed E-state index contributed by atoms with van der Waals surface area (Å²) in [7, 11) is 0. The average molecular weight is 313 g/mol. The smallest absolute Gasteiger partial charge is 0.231 e. The molecular weight excluding hydrogens is 290 g/mol. The maximum absolute atomic E-state index is 6.04. The topological polar surface area (TPSA) is 39.7 Å². The molecule has 122 valence electrons. The van der Waals surface area contributed by atoms with Crippen LogP contribution in [0.3, 0.4) is 0 Å². The first kappa shape index (κ1) is 15.7. The van der Waals surface area contributed by atoms with Crippen molar-refractivity contribution in [3.05, 3.63) is 53.6 Å². The summed E-state index contributed by atoms with van der Waals surface area (Å²) in [5, 5.41) is 3.49. The van der Waals surface area contributed by atoms with Crippen LogP contribution in [-0.2, 0) is 13.2 Å². The van der Waals surface area contributed by atoms with Gasteiger partial charge < -0.3 is 19.5 Å². The molecule has 1 heterocycles. The van der Waals surface area contributed by atoms with Gasteiger partial charge in [0.05, 0.1) is 0 Å². The van der Waals surface area contributed by atoms with Gasteiger partial charge in [0.15, 0.2) is 11.5 Å². The highest BCUT2D eigenvalue weighted by molar-refractivity contribution is 5.52. The third kappa shape index (κ3) is 4.17. The lowest BCUT2D eigenvalue weighted by molar-refractivity contribution is 0.173. The molecule has 0 aromatic heterocycles. The molecule has 0 aliphatic carbocycles. The molecule has 2 aromatic rings. The highest BCUT2D eigenvalue weighted by atomic mass is 16.7. The van der Waals surface area contributed by atoms with Gasteiger partial charge in [-0.05, 0) is 32.4 Å². The number of hydrogen-bond donors (Lipinski definition) is 1. The summed E-state index contributed by atoms with van der Waals surface area (Å²) in [6, 6.07) is 14.1. The molecule has 1 aliphatic heterocycles. The van der Waals surface area contributed by atoms with E-state index in [1.165, 1.54) is 0 Å². The Morgan fingerprint density at radius 1 is 1.04 bits per heavy atom. The summed E-state index contributed by atoms with van der Waals surface area (Å²) in [5.41, 5.74) is 2.24. The van der Waals surface area contributed by atoms with Crippen LogP contribution in [0.2, 0.25) is 0 Å². The van der Waals surface area contributed by atoms with Crippen LogP contribution in [0.1, 0.15) is 31.9 Å². The largest absolute Gasteiger partial charge is 0.488 e. The molecule has 0 atom stereocenters. The van der Waals surface area contributed by atoms with Gasteiger partial charge in [0.2, 0.25) is 6.79 Å². The molecule has 3 rings (SSSR count). The zero-order valence-electron chi connectivity index (χ0n) is 13.9. The molecule has 4 nitrogen and oxygen atoms in total. The Bertz CT molecular complexity index is 662. The average Bonchev–Trinajstić information content (AvgIpc) is 2.98. The van der Waals surface area contributed by atoms with Gasteiger partial charge in [-0.3, -0.25) is 0 Å². The first-order valence-electron chi connectivity index (χ1n) is 7.85. The van der Waals surface area contributed by atoms with E-state index in [2.05, 4.69) is 38.2 Å². The minimum Gasteiger partial charge on any atom is -0.488 e. The standard InChI is InChI=1S/C19H23NO3/c1-19(2,3)20-11-15-9-17-18(23-13-22-17)10-16(15)21-12-14-7-5-4-6-8-14/h4-10,20H,11-13H2,1-3H3. The van der Waals surface area contributed by atoms with E-state index in [0.29, 0.717) is 13.2 Å². The third-order valence-corrected chi connectivity index (χ3v) is 3.60. The molecule has 2 aromatic carbocycles. The maximum Gasteiger partial charge on any atom is 0.231 e. The summed E-state index contributed by atoms with van der Waals surface area (Å²) in [6.45, 7) is 7.94. The Morgan fingerprint density at radius 3 is 2.43 bits per heavy atom. The van der Waals surface area contributed by atoms with E-state index in [1.54, 1.807) is 0 Å². The third-order valence-electron chi connectivity index (χ3n) is 3.60. The Hall–Kier alpha value is -2.20. The number of rotatable bonds is 5. The second kappa shape index (κ2) is 6.50. The molecule has 23 heavy (non-hydrogen) atoms. The molecule has 4 heteroatoms. The van der Waals surface area contributed by atoms with Crippen LogP contribution in [0, 0.1) is 0 Å². The number of ether oxygens (including phenoxy) is 3. The zero-order valence-corrected chi connectivity index (χ0v) is 13.9. The quantitative estimate of drug-likeness (QED) is 0.909. The van der Waals surface area contributed by atoms with Crippen molar-refractivity contribution in [3.8, 4) is 17.2 Å². The summed E-state index contributed by atoms with van der Waals surface area (Å²) in [4.78, 5) is 0. The van der Waals surface area contributed by atoms with E-state index in [1.807, 2.05) is 30.3 Å². The Kier molecular flexibility index (Phi) is 4.44. The van der Waals surface area contributed by atoms with E-state index in [9.17, 15) is 0 Å². The van der Waals surface area contributed by atoms with E-state index in [0.717, 1.165) is 28.4 Å². The lowest BCUT2D eigenvalue weighted by atomic mass is 10.1. The predicted molar refractivity (Wildman–Crippen MR) is 89.9 cm³/mol. The van der Waals surface area contributed by atoms with Crippen molar-refractivity contribution in [2.24, 2.45) is 0 Å². The molecule has 0 amide bonds. The van der Waals surface area contributed by atoms with Crippen LogP contribution >= 0.6 is 0 Å². The van der Waals surface area contributed by atoms with Crippen molar-refractivity contribution in [2.75, 3.05) is 6.79 Å². The fraction of sp³-hybridized carbons (Fsp3) is 0.368. The molecule has 0 saturated heterocycles. The van der Waals surface area contributed by atoms with Gasteiger partial charge >= 0.3 is 0 Å². The molecule has 1 aliphatic rings. The molecule has 0 unspecified atom stereocenters. The van der Waals surface area contributed by atoms with Gasteiger partial charge in [0.1, 0.15) is 12.4 Å². The molecule has 0 spiro atoms. The number of nitrogens with one attached hydrogen (secondary N) is 1. The second-order valence-corrected chi connectivity index (χ2v) is 6.69.